The number of carbonyl (C=O) groups excluding carboxylic acids is 1. The molecular formula is C27H27N7O4. The zero-order valence-corrected chi connectivity index (χ0v) is 20.7. The Labute approximate surface area is 218 Å². The third-order valence-corrected chi connectivity index (χ3v) is 6.86. The second kappa shape index (κ2) is 11.0. The number of likely N-dealkylation sites (tertiary alicyclic amines) is 1. The molecule has 1 aliphatic rings. The topological polar surface area (TPSA) is 160 Å². The molecule has 4 aromatic rings. The van der Waals surface area contributed by atoms with E-state index in [9.17, 15) is 15.0 Å². The third kappa shape index (κ3) is 4.98. The molecule has 1 amide bonds. The number of ether oxygens (including phenoxy) is 1. The number of carbonyl (C=O) groups is 1. The van der Waals surface area contributed by atoms with Gasteiger partial charge < -0.3 is 25.3 Å². The van der Waals surface area contributed by atoms with E-state index in [0.29, 0.717) is 41.2 Å². The van der Waals surface area contributed by atoms with Gasteiger partial charge in [0, 0.05) is 25.8 Å². The summed E-state index contributed by atoms with van der Waals surface area (Å²) >= 11 is 0. The molecule has 4 N–H and O–H groups in total. The lowest BCUT2D eigenvalue weighted by Gasteiger charge is -2.45. The number of benzene rings is 2. The Balaban J connectivity index is 1.48. The minimum atomic E-state index is -1.04. The van der Waals surface area contributed by atoms with Gasteiger partial charge in [-0.05, 0) is 29.8 Å². The maximum atomic E-state index is 12.9. The molecule has 0 unspecified atom stereocenters. The van der Waals surface area contributed by atoms with Crippen LogP contribution in [0.5, 0.6) is 0 Å². The van der Waals surface area contributed by atoms with Crippen molar-refractivity contribution < 1.29 is 19.7 Å². The predicted octanol–water partition coefficient (Wildman–Crippen LogP) is 1.81. The number of piperidine rings is 1. The molecule has 1 aliphatic heterocycles. The Morgan fingerprint density at radius 1 is 1.21 bits per heavy atom. The molecule has 0 spiro atoms. The monoisotopic (exact) mass is 513 g/mol. The van der Waals surface area contributed by atoms with Gasteiger partial charge in [0.1, 0.15) is 11.3 Å². The molecule has 0 radical (unpaired) electrons. The zero-order valence-electron chi connectivity index (χ0n) is 20.7. The van der Waals surface area contributed by atoms with Crippen LogP contribution >= 0.6 is 0 Å². The molecule has 2 aromatic carbocycles. The number of rotatable bonds is 7. The summed E-state index contributed by atoms with van der Waals surface area (Å²) in [5.74, 6) is -0.214. The van der Waals surface area contributed by atoms with Crippen LogP contribution in [0.1, 0.15) is 33.2 Å². The van der Waals surface area contributed by atoms with Gasteiger partial charge in [-0.1, -0.05) is 30.3 Å². The predicted molar refractivity (Wildman–Crippen MR) is 138 cm³/mol. The van der Waals surface area contributed by atoms with Crippen LogP contribution in [0.25, 0.3) is 11.2 Å². The number of aliphatic hydroxyl groups excluding tert-OH is 2. The lowest BCUT2D eigenvalue weighted by Crippen LogP contribution is -2.59. The fourth-order valence-electron chi connectivity index (χ4n) is 4.90. The van der Waals surface area contributed by atoms with Gasteiger partial charge in [-0.2, -0.15) is 5.26 Å². The largest absolute Gasteiger partial charge is 0.395 e. The van der Waals surface area contributed by atoms with Crippen LogP contribution in [0.15, 0.2) is 60.9 Å². The first-order valence-electron chi connectivity index (χ1n) is 12.1. The van der Waals surface area contributed by atoms with Gasteiger partial charge in [0.25, 0.3) is 5.91 Å². The number of nitriles is 1. The number of hydrogen-bond acceptors (Lipinski definition) is 9. The quantitative estimate of drug-likeness (QED) is 0.289. The van der Waals surface area contributed by atoms with E-state index in [0.717, 1.165) is 5.56 Å². The van der Waals surface area contributed by atoms with Crippen molar-refractivity contribution in [3.05, 3.63) is 83.4 Å². The van der Waals surface area contributed by atoms with Crippen LogP contribution < -0.4 is 5.32 Å². The number of aliphatic hydroxyl groups is 2. The summed E-state index contributed by atoms with van der Waals surface area (Å²) in [7, 11) is 1.50. The van der Waals surface area contributed by atoms with Crippen molar-refractivity contribution in [2.24, 2.45) is 0 Å². The van der Waals surface area contributed by atoms with Crippen LogP contribution in [0.3, 0.4) is 0 Å². The fraction of sp³-hybridized carbons (Fsp3) is 0.296. The zero-order chi connectivity index (χ0) is 26.6. The van der Waals surface area contributed by atoms with E-state index in [4.69, 9.17) is 10.00 Å². The van der Waals surface area contributed by atoms with Gasteiger partial charge in [-0.15, -0.1) is 0 Å². The van der Waals surface area contributed by atoms with Gasteiger partial charge in [-0.25, -0.2) is 15.0 Å². The van der Waals surface area contributed by atoms with Gasteiger partial charge in [-0.3, -0.25) is 9.69 Å². The molecule has 3 heterocycles. The van der Waals surface area contributed by atoms with Gasteiger partial charge in [0.15, 0.2) is 11.5 Å². The minimum absolute atomic E-state index is 0.267. The molecule has 5 rings (SSSR count). The molecule has 1 fully saturated rings. The summed E-state index contributed by atoms with van der Waals surface area (Å²) in [6, 6.07) is 17.5. The maximum absolute atomic E-state index is 12.9. The summed E-state index contributed by atoms with van der Waals surface area (Å²) < 4.78 is 5.70. The van der Waals surface area contributed by atoms with Crippen molar-refractivity contribution in [2.75, 3.05) is 25.6 Å². The number of methoxy groups -OCH3 is 1. The normalized spacial score (nSPS) is 21.7. The molecule has 194 valence electrons. The first-order chi connectivity index (χ1) is 18.5. The average molecular weight is 514 g/mol. The Kier molecular flexibility index (Phi) is 7.39. The molecule has 4 atom stereocenters. The number of nitrogens with one attached hydrogen (secondary N) is 2. The van der Waals surface area contributed by atoms with Crippen LogP contribution in [-0.2, 0) is 11.3 Å². The molecular weight excluding hydrogens is 486 g/mol. The lowest BCUT2D eigenvalue weighted by molar-refractivity contribution is -0.118. The lowest BCUT2D eigenvalue weighted by atomic mass is 9.86. The van der Waals surface area contributed by atoms with Crippen molar-refractivity contribution in [1.82, 2.24) is 24.8 Å². The van der Waals surface area contributed by atoms with Crippen LogP contribution in [0.2, 0.25) is 0 Å². The van der Waals surface area contributed by atoms with Crippen molar-refractivity contribution in [1.29, 1.82) is 5.26 Å². The highest BCUT2D eigenvalue weighted by molar-refractivity contribution is 6.06. The van der Waals surface area contributed by atoms with Crippen LogP contribution in [0, 0.1) is 11.3 Å². The van der Waals surface area contributed by atoms with Crippen molar-refractivity contribution in [3.8, 4) is 6.07 Å². The van der Waals surface area contributed by atoms with Gasteiger partial charge in [0.05, 0.1) is 48.7 Å². The van der Waals surface area contributed by atoms with Gasteiger partial charge >= 0.3 is 0 Å². The van der Waals surface area contributed by atoms with E-state index in [2.05, 4.69) is 31.3 Å². The number of fused-ring (bicyclic) bond motifs is 1. The molecule has 0 bridgehead atoms. The highest BCUT2D eigenvalue weighted by atomic mass is 16.5. The summed E-state index contributed by atoms with van der Waals surface area (Å²) in [6.07, 6.45) is -0.273. The molecule has 11 nitrogen and oxygen atoms in total. The van der Waals surface area contributed by atoms with Crippen molar-refractivity contribution in [3.63, 3.8) is 0 Å². The van der Waals surface area contributed by atoms with Crippen LogP contribution in [0.4, 0.5) is 5.82 Å². The summed E-state index contributed by atoms with van der Waals surface area (Å²) in [6.45, 7) is 0.508. The number of aromatic amines is 1. The second-order valence-electron chi connectivity index (χ2n) is 9.14. The van der Waals surface area contributed by atoms with E-state index in [1.54, 1.807) is 36.4 Å². The molecule has 1 saturated heterocycles. The number of nitrogens with zero attached hydrogens (tertiary/aromatic N) is 5. The highest BCUT2D eigenvalue weighted by Gasteiger charge is 2.45. The SMILES string of the molecule is CO[C@H]1[C@H](O)[C@@H](CO)N(Cc2ccc(C#N)cc2)C[C@@H]1c1nc(NC(=O)c2ccccc2)c2[nH]cnc2n1. The first kappa shape index (κ1) is 25.4. The Morgan fingerprint density at radius 2 is 1.97 bits per heavy atom. The highest BCUT2D eigenvalue weighted by Crippen LogP contribution is 2.33. The fourth-order valence-corrected chi connectivity index (χ4v) is 4.90. The second-order valence-corrected chi connectivity index (χ2v) is 9.14. The first-order valence-corrected chi connectivity index (χ1v) is 12.1. The molecule has 0 aliphatic carbocycles. The van der Waals surface area contributed by atoms with E-state index >= 15 is 0 Å². The Morgan fingerprint density at radius 3 is 2.66 bits per heavy atom. The number of aromatic nitrogens is 4. The third-order valence-electron chi connectivity index (χ3n) is 6.86. The number of amides is 1. The number of H-pyrrole nitrogens is 1. The molecule has 38 heavy (non-hydrogen) atoms. The summed E-state index contributed by atoms with van der Waals surface area (Å²) in [4.78, 5) is 31.4. The van der Waals surface area contributed by atoms with E-state index < -0.39 is 24.2 Å². The van der Waals surface area contributed by atoms with Crippen molar-refractivity contribution >= 4 is 22.9 Å². The number of imidazole rings is 1. The smallest absolute Gasteiger partial charge is 0.256 e. The van der Waals surface area contributed by atoms with Crippen LogP contribution in [-0.4, -0.2) is 79.5 Å². The van der Waals surface area contributed by atoms with Crippen molar-refractivity contribution in [2.45, 2.75) is 30.7 Å². The standard InChI is InChI=1S/C27H27N7O4/c1-38-23-19(13-34(20(14-35)22(23)36)12-17-9-7-16(11-28)8-10-17)24-31-25-21(29-15-30-25)26(32-24)33-27(37)18-5-3-2-4-6-18/h2-10,15,19-20,22-23,35-36H,12-14H2,1H3,(H2,29,30,31,32,33,37)/t19-,20+,22+,23+/m0/s1. The molecule has 11 heteroatoms. The number of hydrogen-bond donors (Lipinski definition) is 4. The number of anilines is 1. The van der Waals surface area contributed by atoms with E-state index in [-0.39, 0.29) is 18.3 Å². The van der Waals surface area contributed by atoms with E-state index in [1.165, 1.54) is 13.4 Å². The Hall–Kier alpha value is -4.21. The van der Waals surface area contributed by atoms with E-state index in [1.807, 2.05) is 23.1 Å². The maximum Gasteiger partial charge on any atom is 0.256 e. The van der Waals surface area contributed by atoms with Gasteiger partial charge in [0.2, 0.25) is 0 Å². The summed E-state index contributed by atoms with van der Waals surface area (Å²) in [5, 5.41) is 33.3. The average Bonchev–Trinajstić information content (AvgIpc) is 3.43. The minimum Gasteiger partial charge on any atom is -0.395 e. The molecule has 0 saturated carbocycles. The Bertz CT molecular complexity index is 1450. The molecule has 2 aromatic heterocycles. The summed E-state index contributed by atoms with van der Waals surface area (Å²) in [5.41, 5.74) is 2.79.